The second-order valence-corrected chi connectivity index (χ2v) is 4.73. The predicted octanol–water partition coefficient (Wildman–Crippen LogP) is 2.14. The number of nitrogen functional groups attached to an aromatic ring is 1. The van der Waals surface area contributed by atoms with Gasteiger partial charge < -0.3 is 20.4 Å². The zero-order chi connectivity index (χ0) is 15.1. The van der Waals surface area contributed by atoms with E-state index in [-0.39, 0.29) is 5.97 Å². The zero-order valence-corrected chi connectivity index (χ0v) is 12.1. The van der Waals surface area contributed by atoms with Crippen LogP contribution in [0.1, 0.15) is 23.2 Å². The first-order valence-corrected chi connectivity index (χ1v) is 6.88. The number of methoxy groups -OCH3 is 1. The van der Waals surface area contributed by atoms with Gasteiger partial charge in [-0.3, -0.25) is 0 Å². The van der Waals surface area contributed by atoms with Crippen LogP contribution in [0.15, 0.2) is 36.9 Å². The molecule has 0 saturated carbocycles. The van der Waals surface area contributed by atoms with Gasteiger partial charge in [0, 0.05) is 36.9 Å². The van der Waals surface area contributed by atoms with Crippen molar-refractivity contribution in [3.05, 3.63) is 42.5 Å². The number of imidazole rings is 1. The molecule has 0 aliphatic rings. The smallest absolute Gasteiger partial charge is 0.340 e. The minimum Gasteiger partial charge on any atom is -0.465 e. The molecule has 21 heavy (non-hydrogen) atoms. The van der Waals surface area contributed by atoms with Gasteiger partial charge >= 0.3 is 5.97 Å². The highest BCUT2D eigenvalue weighted by molar-refractivity contribution is 5.96. The molecule has 0 spiro atoms. The van der Waals surface area contributed by atoms with Crippen molar-refractivity contribution < 1.29 is 9.53 Å². The highest BCUT2D eigenvalue weighted by Crippen LogP contribution is 2.20. The van der Waals surface area contributed by atoms with E-state index in [0.29, 0.717) is 11.3 Å². The van der Waals surface area contributed by atoms with E-state index in [1.165, 1.54) is 7.11 Å². The van der Waals surface area contributed by atoms with Crippen LogP contribution < -0.4 is 11.1 Å². The lowest BCUT2D eigenvalue weighted by Crippen LogP contribution is -2.10. The highest BCUT2D eigenvalue weighted by Gasteiger charge is 2.11. The largest absolute Gasteiger partial charge is 0.465 e. The highest BCUT2D eigenvalue weighted by atomic mass is 16.5. The van der Waals surface area contributed by atoms with Gasteiger partial charge in [0.05, 0.1) is 19.0 Å². The molecule has 112 valence electrons. The number of aromatic nitrogens is 2. The van der Waals surface area contributed by atoms with E-state index in [2.05, 4.69) is 10.3 Å². The molecule has 0 aliphatic heterocycles. The number of rotatable bonds is 7. The van der Waals surface area contributed by atoms with Crippen LogP contribution in [0.4, 0.5) is 11.4 Å². The summed E-state index contributed by atoms with van der Waals surface area (Å²) in [6, 6.07) is 5.19. The van der Waals surface area contributed by atoms with E-state index in [1.54, 1.807) is 24.4 Å². The van der Waals surface area contributed by atoms with Gasteiger partial charge in [0.2, 0.25) is 0 Å². The molecule has 0 unspecified atom stereocenters. The summed E-state index contributed by atoms with van der Waals surface area (Å²) in [6.45, 7) is 1.72. The number of nitrogens with zero attached hydrogens (tertiary/aromatic N) is 2. The lowest BCUT2D eigenvalue weighted by Gasteiger charge is -2.11. The van der Waals surface area contributed by atoms with Gasteiger partial charge in [-0.1, -0.05) is 0 Å². The fourth-order valence-corrected chi connectivity index (χ4v) is 2.06. The SMILES string of the molecule is COC(=O)c1cc(N)ccc1NCCCCn1ccnc1. The summed E-state index contributed by atoms with van der Waals surface area (Å²) < 4.78 is 6.81. The molecule has 0 radical (unpaired) electrons. The minimum atomic E-state index is -0.386. The van der Waals surface area contributed by atoms with Gasteiger partial charge in [-0.2, -0.15) is 0 Å². The van der Waals surface area contributed by atoms with Crippen molar-refractivity contribution in [2.24, 2.45) is 0 Å². The first kappa shape index (κ1) is 14.9. The number of nitrogens with two attached hydrogens (primary N) is 1. The molecule has 6 nitrogen and oxygen atoms in total. The summed E-state index contributed by atoms with van der Waals surface area (Å²) in [5.41, 5.74) is 7.46. The third-order valence-corrected chi connectivity index (χ3v) is 3.17. The Hall–Kier alpha value is -2.50. The standard InChI is InChI=1S/C15H20N4O2/c1-21-15(20)13-10-12(16)4-5-14(13)18-6-2-3-8-19-9-7-17-11-19/h4-5,7,9-11,18H,2-3,6,8,16H2,1H3. The molecule has 2 rings (SSSR count). The van der Waals surface area contributed by atoms with E-state index in [1.807, 2.05) is 17.1 Å². The molecule has 1 aromatic carbocycles. The van der Waals surface area contributed by atoms with Gasteiger partial charge in [0.15, 0.2) is 0 Å². The molecule has 3 N–H and O–H groups in total. The Labute approximate surface area is 123 Å². The molecular formula is C15H20N4O2. The second-order valence-electron chi connectivity index (χ2n) is 4.73. The summed E-state index contributed by atoms with van der Waals surface area (Å²) in [6.07, 6.45) is 7.55. The molecule has 0 bridgehead atoms. The lowest BCUT2D eigenvalue weighted by atomic mass is 10.1. The third-order valence-electron chi connectivity index (χ3n) is 3.17. The molecule has 1 heterocycles. The molecule has 0 amide bonds. The molecule has 0 saturated heterocycles. The van der Waals surface area contributed by atoms with E-state index < -0.39 is 0 Å². The van der Waals surface area contributed by atoms with E-state index in [4.69, 9.17) is 10.5 Å². The topological polar surface area (TPSA) is 82.2 Å². The van der Waals surface area contributed by atoms with Crippen LogP contribution in [0, 0.1) is 0 Å². The van der Waals surface area contributed by atoms with E-state index in [9.17, 15) is 4.79 Å². The fraction of sp³-hybridized carbons (Fsp3) is 0.333. The average Bonchev–Trinajstić information content (AvgIpc) is 3.00. The number of hydrogen-bond acceptors (Lipinski definition) is 5. The number of ether oxygens (including phenoxy) is 1. The first-order chi connectivity index (χ1) is 10.2. The number of esters is 1. The maximum atomic E-state index is 11.7. The fourth-order valence-electron chi connectivity index (χ4n) is 2.06. The number of nitrogens with one attached hydrogen (secondary N) is 1. The van der Waals surface area contributed by atoms with Crippen LogP contribution in [-0.4, -0.2) is 29.2 Å². The monoisotopic (exact) mass is 288 g/mol. The van der Waals surface area contributed by atoms with Gasteiger partial charge in [-0.25, -0.2) is 9.78 Å². The van der Waals surface area contributed by atoms with E-state index >= 15 is 0 Å². The Morgan fingerprint density at radius 2 is 2.29 bits per heavy atom. The van der Waals surface area contributed by atoms with Crippen LogP contribution >= 0.6 is 0 Å². The van der Waals surface area contributed by atoms with Crippen LogP contribution in [-0.2, 0) is 11.3 Å². The summed E-state index contributed by atoms with van der Waals surface area (Å²) in [7, 11) is 1.36. The van der Waals surface area contributed by atoms with Crippen LogP contribution in [0.2, 0.25) is 0 Å². The molecule has 0 atom stereocenters. The number of anilines is 2. The van der Waals surface area contributed by atoms with Crippen molar-refractivity contribution >= 4 is 17.3 Å². The maximum absolute atomic E-state index is 11.7. The number of unbranched alkanes of at least 4 members (excludes halogenated alkanes) is 1. The molecule has 2 aromatic rings. The van der Waals surface area contributed by atoms with Gasteiger partial charge in [0.25, 0.3) is 0 Å². The van der Waals surface area contributed by atoms with Crippen molar-refractivity contribution in [1.82, 2.24) is 9.55 Å². The molecule has 1 aromatic heterocycles. The summed E-state index contributed by atoms with van der Waals surface area (Å²) >= 11 is 0. The third kappa shape index (κ3) is 4.24. The van der Waals surface area contributed by atoms with Crippen molar-refractivity contribution in [3.8, 4) is 0 Å². The van der Waals surface area contributed by atoms with Gasteiger partial charge in [-0.05, 0) is 31.0 Å². The van der Waals surface area contributed by atoms with Gasteiger partial charge in [-0.15, -0.1) is 0 Å². The maximum Gasteiger partial charge on any atom is 0.340 e. The summed E-state index contributed by atoms with van der Waals surface area (Å²) in [4.78, 5) is 15.7. The van der Waals surface area contributed by atoms with Crippen molar-refractivity contribution in [3.63, 3.8) is 0 Å². The van der Waals surface area contributed by atoms with E-state index in [0.717, 1.165) is 31.6 Å². The number of hydrogen-bond donors (Lipinski definition) is 2. The number of aryl methyl sites for hydroxylation is 1. The number of carbonyl (C=O) groups excluding carboxylic acids is 1. The molecule has 0 fully saturated rings. The average molecular weight is 288 g/mol. The minimum absolute atomic E-state index is 0.386. The summed E-state index contributed by atoms with van der Waals surface area (Å²) in [5.74, 6) is -0.386. The van der Waals surface area contributed by atoms with Crippen LogP contribution in [0.5, 0.6) is 0 Å². The normalized spacial score (nSPS) is 10.3. The molecule has 6 heteroatoms. The zero-order valence-electron chi connectivity index (χ0n) is 12.1. The predicted molar refractivity (Wildman–Crippen MR) is 82.1 cm³/mol. The quantitative estimate of drug-likeness (QED) is 0.463. The molecule has 0 aliphatic carbocycles. The van der Waals surface area contributed by atoms with Crippen molar-refractivity contribution in [2.45, 2.75) is 19.4 Å². The summed E-state index contributed by atoms with van der Waals surface area (Å²) in [5, 5.41) is 3.25. The Morgan fingerprint density at radius 3 is 3.00 bits per heavy atom. The first-order valence-electron chi connectivity index (χ1n) is 6.88. The van der Waals surface area contributed by atoms with Crippen molar-refractivity contribution in [2.75, 3.05) is 24.7 Å². The molecular weight excluding hydrogens is 268 g/mol. The Bertz CT molecular complexity index is 581. The van der Waals surface area contributed by atoms with Crippen LogP contribution in [0.3, 0.4) is 0 Å². The number of benzene rings is 1. The second kappa shape index (κ2) is 7.33. The number of carbonyl (C=O) groups is 1. The lowest BCUT2D eigenvalue weighted by molar-refractivity contribution is 0.0602. The van der Waals surface area contributed by atoms with Gasteiger partial charge in [0.1, 0.15) is 0 Å². The van der Waals surface area contributed by atoms with Crippen LogP contribution in [0.25, 0.3) is 0 Å². The Kier molecular flexibility index (Phi) is 5.20. The Morgan fingerprint density at radius 1 is 1.43 bits per heavy atom. The van der Waals surface area contributed by atoms with Crippen molar-refractivity contribution in [1.29, 1.82) is 0 Å². The Balaban J connectivity index is 1.83.